The highest BCUT2D eigenvalue weighted by atomic mass is 16.5. The minimum absolute atomic E-state index is 0.0000694. The molecule has 2 rings (SSSR count). The largest absolute Gasteiger partial charge is 0.377 e. The van der Waals surface area contributed by atoms with Crippen LogP contribution in [-0.4, -0.2) is 24.4 Å². The number of rotatable bonds is 4. The second-order valence-electron chi connectivity index (χ2n) is 4.84. The van der Waals surface area contributed by atoms with Crippen LogP contribution >= 0.6 is 0 Å². The Labute approximate surface area is 113 Å². The predicted molar refractivity (Wildman–Crippen MR) is 73.2 cm³/mol. The molecule has 0 radical (unpaired) electrons. The molecular formula is C15H19NO3. The molecule has 4 heteroatoms. The van der Waals surface area contributed by atoms with Gasteiger partial charge in [0.1, 0.15) is 0 Å². The van der Waals surface area contributed by atoms with Crippen LogP contribution in [0.1, 0.15) is 37.0 Å². The Balaban J connectivity index is 2.00. The van der Waals surface area contributed by atoms with Crippen LogP contribution in [0.5, 0.6) is 0 Å². The number of hydrogen-bond acceptors (Lipinski definition) is 3. The summed E-state index contributed by atoms with van der Waals surface area (Å²) in [6, 6.07) is 6.96. The molecule has 1 N–H and O–H groups in total. The van der Waals surface area contributed by atoms with E-state index in [0.29, 0.717) is 12.2 Å². The van der Waals surface area contributed by atoms with Crippen molar-refractivity contribution in [2.75, 3.05) is 11.9 Å². The molecule has 4 nitrogen and oxygen atoms in total. The number of carbonyl (C=O) groups excluding carboxylic acids is 2. The third-order valence-corrected chi connectivity index (χ3v) is 3.51. The first-order chi connectivity index (χ1) is 9.11. The van der Waals surface area contributed by atoms with Crippen LogP contribution in [0.4, 0.5) is 5.69 Å². The van der Waals surface area contributed by atoms with Gasteiger partial charge in [0.25, 0.3) is 0 Å². The highest BCUT2D eigenvalue weighted by Crippen LogP contribution is 2.25. The van der Waals surface area contributed by atoms with Gasteiger partial charge in [-0.15, -0.1) is 0 Å². The summed E-state index contributed by atoms with van der Waals surface area (Å²) in [5.74, 6) is -0.0504. The Kier molecular flexibility index (Phi) is 4.32. The molecule has 1 aliphatic heterocycles. The second kappa shape index (κ2) is 5.97. The lowest BCUT2D eigenvalue weighted by Crippen LogP contribution is -2.29. The minimum Gasteiger partial charge on any atom is -0.377 e. The molecule has 102 valence electrons. The average molecular weight is 261 g/mol. The number of Topliss-reactive ketones (excluding diaryl/α,β-unsaturated/α-hetero) is 1. The zero-order valence-electron chi connectivity index (χ0n) is 11.3. The Hall–Kier alpha value is -1.68. The number of anilines is 1. The zero-order valence-corrected chi connectivity index (χ0v) is 11.3. The topological polar surface area (TPSA) is 55.4 Å². The van der Waals surface area contributed by atoms with Crippen LogP contribution in [0.3, 0.4) is 0 Å². The smallest absolute Gasteiger partial charge is 0.230 e. The number of ketones is 1. The monoisotopic (exact) mass is 261 g/mol. The van der Waals surface area contributed by atoms with Crippen molar-refractivity contribution in [3.05, 3.63) is 29.8 Å². The number of hydrogen-bond donors (Lipinski definition) is 1. The third kappa shape index (κ3) is 3.20. The molecule has 1 fully saturated rings. The number of amides is 1. The van der Waals surface area contributed by atoms with Crippen molar-refractivity contribution in [2.45, 2.75) is 32.8 Å². The number of nitrogens with one attached hydrogen (secondary N) is 1. The van der Waals surface area contributed by atoms with Crippen LogP contribution in [-0.2, 0) is 9.53 Å². The summed E-state index contributed by atoms with van der Waals surface area (Å²) < 4.78 is 5.52. The van der Waals surface area contributed by atoms with Crippen molar-refractivity contribution >= 4 is 17.4 Å². The SMILES string of the molecule is CCC1OCCC1C(=O)Nc1ccc(C(C)=O)cc1. The van der Waals surface area contributed by atoms with Gasteiger partial charge in [-0.3, -0.25) is 9.59 Å². The van der Waals surface area contributed by atoms with E-state index in [9.17, 15) is 9.59 Å². The Morgan fingerprint density at radius 2 is 2.00 bits per heavy atom. The van der Waals surface area contributed by atoms with E-state index in [4.69, 9.17) is 4.74 Å². The molecule has 1 aromatic carbocycles. The van der Waals surface area contributed by atoms with E-state index in [1.807, 2.05) is 6.92 Å². The summed E-state index contributed by atoms with van der Waals surface area (Å²) in [7, 11) is 0. The van der Waals surface area contributed by atoms with E-state index in [1.165, 1.54) is 6.92 Å². The molecule has 1 aromatic rings. The molecule has 0 saturated carbocycles. The molecule has 1 amide bonds. The summed E-state index contributed by atoms with van der Waals surface area (Å²) in [4.78, 5) is 23.3. The first kappa shape index (κ1) is 13.7. The first-order valence-corrected chi connectivity index (χ1v) is 6.65. The molecule has 1 saturated heterocycles. The van der Waals surface area contributed by atoms with E-state index in [0.717, 1.165) is 18.5 Å². The normalized spacial score (nSPS) is 22.2. The van der Waals surface area contributed by atoms with Crippen molar-refractivity contribution in [3.8, 4) is 0 Å². The quantitative estimate of drug-likeness (QED) is 0.848. The Bertz CT molecular complexity index is 467. The molecular weight excluding hydrogens is 242 g/mol. The van der Waals surface area contributed by atoms with Crippen LogP contribution in [0, 0.1) is 5.92 Å². The Morgan fingerprint density at radius 1 is 1.32 bits per heavy atom. The van der Waals surface area contributed by atoms with Gasteiger partial charge in [0, 0.05) is 17.9 Å². The summed E-state index contributed by atoms with van der Waals surface area (Å²) >= 11 is 0. The fourth-order valence-electron chi connectivity index (χ4n) is 2.37. The zero-order chi connectivity index (χ0) is 13.8. The molecule has 19 heavy (non-hydrogen) atoms. The highest BCUT2D eigenvalue weighted by Gasteiger charge is 2.32. The van der Waals surface area contributed by atoms with Crippen molar-refractivity contribution < 1.29 is 14.3 Å². The van der Waals surface area contributed by atoms with Gasteiger partial charge in [0.05, 0.1) is 12.0 Å². The molecule has 0 aliphatic carbocycles. The molecule has 0 bridgehead atoms. The third-order valence-electron chi connectivity index (χ3n) is 3.51. The van der Waals surface area contributed by atoms with Crippen LogP contribution in [0.15, 0.2) is 24.3 Å². The minimum atomic E-state index is -0.0718. The summed E-state index contributed by atoms with van der Waals surface area (Å²) in [6.45, 7) is 4.20. The number of carbonyl (C=O) groups is 2. The standard InChI is InChI=1S/C15H19NO3/c1-3-14-13(8-9-19-14)15(18)16-12-6-4-11(5-7-12)10(2)17/h4-7,13-14H,3,8-9H2,1-2H3,(H,16,18). The average Bonchev–Trinajstić information content (AvgIpc) is 2.87. The summed E-state index contributed by atoms with van der Waals surface area (Å²) in [6.07, 6.45) is 1.65. The molecule has 1 heterocycles. The van der Waals surface area contributed by atoms with Crippen LogP contribution in [0.25, 0.3) is 0 Å². The van der Waals surface area contributed by atoms with Gasteiger partial charge >= 0.3 is 0 Å². The van der Waals surface area contributed by atoms with E-state index >= 15 is 0 Å². The maximum atomic E-state index is 12.1. The molecule has 0 spiro atoms. The fourth-order valence-corrected chi connectivity index (χ4v) is 2.37. The number of benzene rings is 1. The van der Waals surface area contributed by atoms with E-state index < -0.39 is 0 Å². The van der Waals surface area contributed by atoms with E-state index in [2.05, 4.69) is 5.32 Å². The Morgan fingerprint density at radius 3 is 2.58 bits per heavy atom. The lowest BCUT2D eigenvalue weighted by molar-refractivity contribution is -0.121. The van der Waals surface area contributed by atoms with E-state index in [-0.39, 0.29) is 23.7 Å². The van der Waals surface area contributed by atoms with Crippen LogP contribution < -0.4 is 5.32 Å². The maximum absolute atomic E-state index is 12.1. The van der Waals surface area contributed by atoms with Crippen molar-refractivity contribution in [2.24, 2.45) is 5.92 Å². The van der Waals surface area contributed by atoms with Gasteiger partial charge in [-0.2, -0.15) is 0 Å². The molecule has 0 aromatic heterocycles. The maximum Gasteiger partial charge on any atom is 0.230 e. The molecule has 2 unspecified atom stereocenters. The molecule has 2 atom stereocenters. The highest BCUT2D eigenvalue weighted by molar-refractivity contribution is 5.96. The lowest BCUT2D eigenvalue weighted by atomic mass is 9.98. The van der Waals surface area contributed by atoms with Gasteiger partial charge in [-0.05, 0) is 44.0 Å². The number of ether oxygens (including phenoxy) is 1. The van der Waals surface area contributed by atoms with Gasteiger partial charge in [-0.1, -0.05) is 6.92 Å². The van der Waals surface area contributed by atoms with Crippen molar-refractivity contribution in [1.29, 1.82) is 0 Å². The van der Waals surface area contributed by atoms with Gasteiger partial charge < -0.3 is 10.1 Å². The van der Waals surface area contributed by atoms with Crippen molar-refractivity contribution in [1.82, 2.24) is 0 Å². The van der Waals surface area contributed by atoms with Gasteiger partial charge in [0.15, 0.2) is 5.78 Å². The van der Waals surface area contributed by atoms with Crippen molar-refractivity contribution in [3.63, 3.8) is 0 Å². The first-order valence-electron chi connectivity index (χ1n) is 6.65. The lowest BCUT2D eigenvalue weighted by Gasteiger charge is -2.16. The second-order valence-corrected chi connectivity index (χ2v) is 4.84. The van der Waals surface area contributed by atoms with Crippen LogP contribution in [0.2, 0.25) is 0 Å². The summed E-state index contributed by atoms with van der Waals surface area (Å²) in [5, 5.41) is 2.88. The molecule has 1 aliphatic rings. The van der Waals surface area contributed by atoms with E-state index in [1.54, 1.807) is 24.3 Å². The summed E-state index contributed by atoms with van der Waals surface area (Å²) in [5.41, 5.74) is 1.37. The predicted octanol–water partition coefficient (Wildman–Crippen LogP) is 2.64. The van der Waals surface area contributed by atoms with Gasteiger partial charge in [0.2, 0.25) is 5.91 Å². The van der Waals surface area contributed by atoms with Gasteiger partial charge in [-0.25, -0.2) is 0 Å². The fraction of sp³-hybridized carbons (Fsp3) is 0.467.